The predicted octanol–water partition coefficient (Wildman–Crippen LogP) is -1.96. The van der Waals surface area contributed by atoms with E-state index in [-0.39, 0.29) is 11.8 Å². The second kappa shape index (κ2) is 11.9. The van der Waals surface area contributed by atoms with E-state index in [9.17, 15) is 9.59 Å². The first-order chi connectivity index (χ1) is 15.1. The Morgan fingerprint density at radius 3 is 2.32 bits per heavy atom. The molecule has 8 heteroatoms. The van der Waals surface area contributed by atoms with Gasteiger partial charge in [-0.05, 0) is 18.6 Å². The van der Waals surface area contributed by atoms with Crippen molar-refractivity contribution in [2.24, 2.45) is 0 Å². The van der Waals surface area contributed by atoms with E-state index in [4.69, 9.17) is 4.74 Å². The molecule has 31 heavy (non-hydrogen) atoms. The van der Waals surface area contributed by atoms with Gasteiger partial charge in [0.1, 0.15) is 5.75 Å². The van der Waals surface area contributed by atoms with Crippen LogP contribution in [0.25, 0.3) is 0 Å². The average Bonchev–Trinajstić information content (AvgIpc) is 2.80. The van der Waals surface area contributed by atoms with Gasteiger partial charge in [0.2, 0.25) is 0 Å². The summed E-state index contributed by atoms with van der Waals surface area (Å²) in [5.74, 6) is 1.27. The van der Waals surface area contributed by atoms with Crippen molar-refractivity contribution in [1.29, 1.82) is 0 Å². The summed E-state index contributed by atoms with van der Waals surface area (Å²) in [7, 11) is 1.71. The second-order valence-electron chi connectivity index (χ2n) is 8.60. The molecule has 1 aromatic carbocycles. The van der Waals surface area contributed by atoms with Crippen LogP contribution >= 0.6 is 0 Å². The third-order valence-electron chi connectivity index (χ3n) is 6.38. The van der Waals surface area contributed by atoms with Crippen molar-refractivity contribution in [3.05, 3.63) is 24.3 Å². The standard InChI is InChI=1S/C23H37N5O3/c1-3-4-9-24-22(29)18-25-12-16-28(17-13-25)23(30)19-26-10-14-27(15-11-26)20-7-5-6-8-21(20)31-2/h5-8H,3-4,9-19H2,1-2H3,(H,24,29)/p+2. The maximum absolute atomic E-state index is 12.8. The molecule has 2 amide bonds. The monoisotopic (exact) mass is 433 g/mol. The number of rotatable bonds is 9. The molecule has 0 radical (unpaired) electrons. The van der Waals surface area contributed by atoms with E-state index in [1.165, 1.54) is 9.80 Å². The summed E-state index contributed by atoms with van der Waals surface area (Å²) in [6.45, 7) is 10.9. The molecular formula is C23H39N5O3+2. The molecule has 172 valence electrons. The highest BCUT2D eigenvalue weighted by Gasteiger charge is 2.29. The number of nitrogens with one attached hydrogen (secondary N) is 3. The van der Waals surface area contributed by atoms with E-state index in [1.54, 1.807) is 7.11 Å². The van der Waals surface area contributed by atoms with E-state index in [2.05, 4.69) is 23.2 Å². The van der Waals surface area contributed by atoms with Gasteiger partial charge in [0.05, 0.1) is 65.2 Å². The fourth-order valence-corrected chi connectivity index (χ4v) is 4.40. The van der Waals surface area contributed by atoms with Gasteiger partial charge in [-0.3, -0.25) is 9.59 Å². The Kier molecular flexibility index (Phi) is 8.97. The Balaban J connectivity index is 1.37. The average molecular weight is 434 g/mol. The zero-order valence-electron chi connectivity index (χ0n) is 19.1. The number of benzene rings is 1. The molecule has 2 aliphatic heterocycles. The largest absolute Gasteiger partial charge is 0.495 e. The minimum absolute atomic E-state index is 0.126. The zero-order valence-corrected chi connectivity index (χ0v) is 19.1. The number of anilines is 1. The van der Waals surface area contributed by atoms with Crippen LogP contribution in [0.4, 0.5) is 5.69 Å². The zero-order chi connectivity index (χ0) is 22.1. The van der Waals surface area contributed by atoms with E-state index >= 15 is 0 Å². The van der Waals surface area contributed by atoms with Gasteiger partial charge in [-0.15, -0.1) is 0 Å². The van der Waals surface area contributed by atoms with Gasteiger partial charge in [0.25, 0.3) is 11.8 Å². The van der Waals surface area contributed by atoms with Crippen LogP contribution in [0, 0.1) is 0 Å². The summed E-state index contributed by atoms with van der Waals surface area (Å²) in [6, 6.07) is 8.12. The lowest BCUT2D eigenvalue weighted by molar-refractivity contribution is -0.898. The van der Waals surface area contributed by atoms with Crippen molar-refractivity contribution >= 4 is 17.5 Å². The van der Waals surface area contributed by atoms with Gasteiger partial charge in [-0.25, -0.2) is 0 Å². The molecular weight excluding hydrogens is 394 g/mol. The number of unbranched alkanes of at least 4 members (excludes halogenated alkanes) is 1. The summed E-state index contributed by atoms with van der Waals surface area (Å²) in [5, 5.41) is 2.99. The van der Waals surface area contributed by atoms with Gasteiger partial charge in [-0.1, -0.05) is 25.5 Å². The fourth-order valence-electron chi connectivity index (χ4n) is 4.40. The number of hydrogen-bond acceptors (Lipinski definition) is 4. The van der Waals surface area contributed by atoms with Crippen LogP contribution in [0.3, 0.4) is 0 Å². The first kappa shape index (κ1) is 23.3. The van der Waals surface area contributed by atoms with E-state index in [0.717, 1.165) is 83.2 Å². The minimum atomic E-state index is 0.126. The fraction of sp³-hybridized carbons (Fsp3) is 0.652. The summed E-state index contributed by atoms with van der Waals surface area (Å²) in [4.78, 5) is 31.8. The van der Waals surface area contributed by atoms with Crippen molar-refractivity contribution < 1.29 is 24.1 Å². The van der Waals surface area contributed by atoms with Crippen LogP contribution in [-0.4, -0.2) is 95.8 Å². The first-order valence-electron chi connectivity index (χ1n) is 11.7. The normalized spacial score (nSPS) is 18.1. The number of ether oxygens (including phenoxy) is 1. The maximum atomic E-state index is 12.8. The molecule has 2 saturated heterocycles. The molecule has 0 atom stereocenters. The van der Waals surface area contributed by atoms with Crippen molar-refractivity contribution in [3.63, 3.8) is 0 Å². The first-order valence-corrected chi connectivity index (χ1v) is 11.7. The lowest BCUT2D eigenvalue weighted by Gasteiger charge is -2.36. The Labute approximate surface area is 186 Å². The van der Waals surface area contributed by atoms with Crippen LogP contribution in [0.2, 0.25) is 0 Å². The van der Waals surface area contributed by atoms with Gasteiger partial charge in [-0.2, -0.15) is 0 Å². The van der Waals surface area contributed by atoms with Crippen LogP contribution in [0.5, 0.6) is 5.75 Å². The molecule has 0 bridgehead atoms. The molecule has 0 aromatic heterocycles. The maximum Gasteiger partial charge on any atom is 0.278 e. The molecule has 0 aliphatic carbocycles. The number of carbonyl (C=O) groups is 2. The smallest absolute Gasteiger partial charge is 0.278 e. The summed E-state index contributed by atoms with van der Waals surface area (Å²) in [5.41, 5.74) is 1.13. The molecule has 0 saturated carbocycles. The highest BCUT2D eigenvalue weighted by atomic mass is 16.5. The number of amides is 2. The van der Waals surface area contributed by atoms with Gasteiger partial charge < -0.3 is 29.7 Å². The molecule has 3 rings (SSSR count). The quantitative estimate of drug-likeness (QED) is 0.396. The highest BCUT2D eigenvalue weighted by molar-refractivity contribution is 5.77. The van der Waals surface area contributed by atoms with Crippen LogP contribution in [-0.2, 0) is 9.59 Å². The lowest BCUT2D eigenvalue weighted by atomic mass is 10.2. The van der Waals surface area contributed by atoms with Crippen molar-refractivity contribution in [2.45, 2.75) is 19.8 Å². The highest BCUT2D eigenvalue weighted by Crippen LogP contribution is 2.27. The molecule has 8 nitrogen and oxygen atoms in total. The van der Waals surface area contributed by atoms with Crippen LogP contribution < -0.4 is 24.8 Å². The summed E-state index contributed by atoms with van der Waals surface area (Å²) in [6.07, 6.45) is 2.12. The number of nitrogens with zero attached hydrogens (tertiary/aromatic N) is 2. The van der Waals surface area contributed by atoms with Crippen molar-refractivity contribution in [3.8, 4) is 5.75 Å². The van der Waals surface area contributed by atoms with Gasteiger partial charge in [0.15, 0.2) is 13.1 Å². The molecule has 0 spiro atoms. The van der Waals surface area contributed by atoms with Crippen LogP contribution in [0.15, 0.2) is 24.3 Å². The summed E-state index contributed by atoms with van der Waals surface area (Å²) >= 11 is 0. The molecule has 2 aliphatic rings. The molecule has 0 unspecified atom stereocenters. The molecule has 1 aromatic rings. The topological polar surface area (TPSA) is 70.8 Å². The van der Waals surface area contributed by atoms with Crippen LogP contribution in [0.1, 0.15) is 19.8 Å². The molecule has 2 fully saturated rings. The third-order valence-corrected chi connectivity index (χ3v) is 6.38. The number of quaternary nitrogens is 2. The number of carbonyl (C=O) groups excluding carboxylic acids is 2. The second-order valence-corrected chi connectivity index (χ2v) is 8.60. The predicted molar refractivity (Wildman–Crippen MR) is 121 cm³/mol. The van der Waals surface area contributed by atoms with E-state index < -0.39 is 0 Å². The Morgan fingerprint density at radius 2 is 1.65 bits per heavy atom. The van der Waals surface area contributed by atoms with Gasteiger partial charge in [0, 0.05) is 6.54 Å². The third kappa shape index (κ3) is 6.83. The number of para-hydroxylation sites is 2. The molecule has 2 heterocycles. The molecule has 3 N–H and O–H groups in total. The van der Waals surface area contributed by atoms with E-state index in [1.807, 2.05) is 23.1 Å². The Bertz CT molecular complexity index is 713. The summed E-state index contributed by atoms with van der Waals surface area (Å²) < 4.78 is 5.49. The Morgan fingerprint density at radius 1 is 1.00 bits per heavy atom. The Hall–Kier alpha value is -2.32. The lowest BCUT2D eigenvalue weighted by Crippen LogP contribution is -3.17. The number of methoxy groups -OCH3 is 1. The van der Waals surface area contributed by atoms with Crippen molar-refractivity contribution in [1.82, 2.24) is 10.2 Å². The van der Waals surface area contributed by atoms with Gasteiger partial charge >= 0.3 is 0 Å². The number of piperazine rings is 2. The van der Waals surface area contributed by atoms with Crippen molar-refractivity contribution in [2.75, 3.05) is 84.0 Å². The minimum Gasteiger partial charge on any atom is -0.495 e. The SMILES string of the molecule is CCCCNC(=O)C[NH+]1CCN(C(=O)C[NH+]2CCN(c3ccccc3OC)CC2)CC1. The van der Waals surface area contributed by atoms with E-state index in [0.29, 0.717) is 13.1 Å². The number of hydrogen-bond donors (Lipinski definition) is 3.